The van der Waals surface area contributed by atoms with Crippen LogP contribution in [0.3, 0.4) is 0 Å². The van der Waals surface area contributed by atoms with Crippen LogP contribution >= 0.6 is 39.3 Å². The monoisotopic (exact) mass is 466 g/mol. The number of aromatic nitrogens is 2. The number of hydrogen-bond acceptors (Lipinski definition) is 7. The van der Waals surface area contributed by atoms with E-state index < -0.39 is 5.97 Å². The minimum absolute atomic E-state index is 0.0458. The first-order chi connectivity index (χ1) is 13.0. The molecule has 0 saturated heterocycles. The third-order valence-electron chi connectivity index (χ3n) is 3.34. The van der Waals surface area contributed by atoms with Crippen LogP contribution < -0.4 is 0 Å². The molecule has 0 bridgehead atoms. The van der Waals surface area contributed by atoms with Gasteiger partial charge in [-0.1, -0.05) is 51.4 Å². The summed E-state index contributed by atoms with van der Waals surface area (Å²) in [5.41, 5.74) is 1.20. The molecule has 27 heavy (non-hydrogen) atoms. The zero-order valence-corrected chi connectivity index (χ0v) is 16.9. The van der Waals surface area contributed by atoms with Gasteiger partial charge in [0.15, 0.2) is 12.4 Å². The molecule has 2 aromatic carbocycles. The first-order valence-electron chi connectivity index (χ1n) is 7.68. The first-order valence-corrected chi connectivity index (χ1v) is 9.83. The lowest BCUT2D eigenvalue weighted by atomic mass is 10.1. The number of halogens is 2. The lowest BCUT2D eigenvalue weighted by Gasteiger charge is -2.03. The fourth-order valence-electron chi connectivity index (χ4n) is 2.00. The molecule has 0 saturated carbocycles. The number of carbonyl (C=O) groups is 2. The Bertz CT molecular complexity index is 945. The molecule has 3 aromatic rings. The van der Waals surface area contributed by atoms with Crippen LogP contribution in [-0.2, 0) is 9.53 Å². The van der Waals surface area contributed by atoms with Gasteiger partial charge >= 0.3 is 5.97 Å². The third-order valence-corrected chi connectivity index (χ3v) is 4.91. The van der Waals surface area contributed by atoms with Gasteiger partial charge in [-0.3, -0.25) is 9.59 Å². The summed E-state index contributed by atoms with van der Waals surface area (Å²) in [4.78, 5) is 23.8. The minimum Gasteiger partial charge on any atom is -0.457 e. The number of esters is 1. The maximum absolute atomic E-state index is 12.0. The molecule has 0 amide bonds. The molecule has 0 spiro atoms. The number of Topliss-reactive ketones (excluding diaryl/α,β-unsaturated/α-hetero) is 1. The Morgan fingerprint density at radius 3 is 2.48 bits per heavy atom. The SMILES string of the molecule is O=C(CSc1nnc(-c2ccc(Cl)cc2)o1)OCC(=O)c1ccc(Br)cc1. The average Bonchev–Trinajstić information content (AvgIpc) is 3.14. The van der Waals surface area contributed by atoms with Gasteiger partial charge in [-0.15, -0.1) is 10.2 Å². The second kappa shape index (κ2) is 9.16. The zero-order chi connectivity index (χ0) is 19.2. The van der Waals surface area contributed by atoms with Crippen LogP contribution in [-0.4, -0.2) is 34.3 Å². The van der Waals surface area contributed by atoms with E-state index in [-0.39, 0.29) is 23.4 Å². The van der Waals surface area contributed by atoms with Gasteiger partial charge in [0.2, 0.25) is 5.89 Å². The number of thioether (sulfide) groups is 1. The van der Waals surface area contributed by atoms with Crippen LogP contribution in [0.25, 0.3) is 11.5 Å². The van der Waals surface area contributed by atoms with E-state index in [2.05, 4.69) is 26.1 Å². The van der Waals surface area contributed by atoms with Crippen molar-refractivity contribution >= 4 is 51.0 Å². The van der Waals surface area contributed by atoms with Crippen LogP contribution in [0.1, 0.15) is 10.4 Å². The van der Waals surface area contributed by atoms with E-state index in [1.54, 1.807) is 48.5 Å². The molecule has 0 fully saturated rings. The molecule has 6 nitrogen and oxygen atoms in total. The van der Waals surface area contributed by atoms with Crippen molar-refractivity contribution in [3.8, 4) is 11.5 Å². The van der Waals surface area contributed by atoms with E-state index >= 15 is 0 Å². The summed E-state index contributed by atoms with van der Waals surface area (Å²) >= 11 is 10.2. The standard InChI is InChI=1S/C18H12BrClN2O4S/c19-13-5-1-11(2-6-13)15(23)9-25-16(24)10-27-18-22-21-17(26-18)12-3-7-14(20)8-4-12/h1-8H,9-10H2. The maximum Gasteiger partial charge on any atom is 0.316 e. The van der Waals surface area contributed by atoms with Crippen molar-refractivity contribution in [2.45, 2.75) is 5.22 Å². The van der Waals surface area contributed by atoms with E-state index in [1.807, 2.05) is 0 Å². The fraction of sp³-hybridized carbons (Fsp3) is 0.111. The van der Waals surface area contributed by atoms with Gasteiger partial charge in [-0.05, 0) is 36.4 Å². The largest absolute Gasteiger partial charge is 0.457 e. The van der Waals surface area contributed by atoms with Gasteiger partial charge in [-0.25, -0.2) is 0 Å². The normalized spacial score (nSPS) is 10.6. The average molecular weight is 468 g/mol. The molecule has 0 unspecified atom stereocenters. The van der Waals surface area contributed by atoms with Crippen molar-refractivity contribution in [3.63, 3.8) is 0 Å². The van der Waals surface area contributed by atoms with Crippen LogP contribution in [0.2, 0.25) is 5.02 Å². The summed E-state index contributed by atoms with van der Waals surface area (Å²) in [6.07, 6.45) is 0. The molecular weight excluding hydrogens is 456 g/mol. The Hall–Kier alpha value is -2.16. The highest BCUT2D eigenvalue weighted by Gasteiger charge is 2.14. The Kier molecular flexibility index (Phi) is 6.65. The Morgan fingerprint density at radius 1 is 1.07 bits per heavy atom. The summed E-state index contributed by atoms with van der Waals surface area (Å²) in [5.74, 6) is -0.538. The Labute approximate surface area is 172 Å². The molecule has 0 aliphatic carbocycles. The van der Waals surface area contributed by atoms with Gasteiger partial charge < -0.3 is 9.15 Å². The molecule has 0 N–H and O–H groups in total. The van der Waals surface area contributed by atoms with E-state index in [1.165, 1.54) is 0 Å². The van der Waals surface area contributed by atoms with E-state index in [0.29, 0.717) is 16.5 Å². The molecule has 0 radical (unpaired) electrons. The van der Waals surface area contributed by atoms with Gasteiger partial charge in [0.25, 0.3) is 5.22 Å². The molecule has 0 aliphatic heterocycles. The van der Waals surface area contributed by atoms with Crippen molar-refractivity contribution in [2.24, 2.45) is 0 Å². The van der Waals surface area contributed by atoms with Gasteiger partial charge in [0, 0.05) is 20.6 Å². The third kappa shape index (κ3) is 5.66. The van der Waals surface area contributed by atoms with Crippen LogP contribution in [0.4, 0.5) is 0 Å². The Morgan fingerprint density at radius 2 is 1.78 bits per heavy atom. The fourth-order valence-corrected chi connectivity index (χ4v) is 2.96. The number of carbonyl (C=O) groups excluding carboxylic acids is 2. The maximum atomic E-state index is 12.0. The minimum atomic E-state index is -0.545. The molecular formula is C18H12BrClN2O4S. The van der Waals surface area contributed by atoms with E-state index in [9.17, 15) is 9.59 Å². The predicted octanol–water partition coefficient (Wildman–Crippen LogP) is 4.67. The molecule has 1 aromatic heterocycles. The lowest BCUT2D eigenvalue weighted by Crippen LogP contribution is -2.15. The van der Waals surface area contributed by atoms with Crippen molar-refractivity contribution in [3.05, 3.63) is 63.6 Å². The van der Waals surface area contributed by atoms with Crippen LogP contribution in [0.5, 0.6) is 0 Å². The highest BCUT2D eigenvalue weighted by atomic mass is 79.9. The molecule has 0 aliphatic rings. The van der Waals surface area contributed by atoms with Gasteiger partial charge in [0.05, 0.1) is 0 Å². The second-order valence-electron chi connectivity index (χ2n) is 5.26. The topological polar surface area (TPSA) is 82.3 Å². The predicted molar refractivity (Wildman–Crippen MR) is 105 cm³/mol. The highest BCUT2D eigenvalue weighted by molar-refractivity contribution is 9.10. The quantitative estimate of drug-likeness (QED) is 0.284. The summed E-state index contributed by atoms with van der Waals surface area (Å²) < 4.78 is 11.3. The molecule has 0 atom stereocenters. The van der Waals surface area contributed by atoms with Crippen molar-refractivity contribution in [1.82, 2.24) is 10.2 Å². The van der Waals surface area contributed by atoms with Crippen molar-refractivity contribution in [1.29, 1.82) is 0 Å². The number of ether oxygens (including phenoxy) is 1. The highest BCUT2D eigenvalue weighted by Crippen LogP contribution is 2.24. The summed E-state index contributed by atoms with van der Waals surface area (Å²) in [6.45, 7) is -0.319. The molecule has 9 heteroatoms. The number of benzene rings is 2. The summed E-state index contributed by atoms with van der Waals surface area (Å²) in [7, 11) is 0. The summed E-state index contributed by atoms with van der Waals surface area (Å²) in [6, 6.07) is 13.8. The number of nitrogens with zero attached hydrogens (tertiary/aromatic N) is 2. The van der Waals surface area contributed by atoms with Crippen LogP contribution in [0, 0.1) is 0 Å². The first kappa shape index (κ1) is 19.6. The number of hydrogen-bond donors (Lipinski definition) is 0. The van der Waals surface area contributed by atoms with Crippen molar-refractivity contribution < 1.29 is 18.7 Å². The summed E-state index contributed by atoms with van der Waals surface area (Å²) in [5, 5.41) is 8.63. The van der Waals surface area contributed by atoms with E-state index in [4.69, 9.17) is 20.8 Å². The van der Waals surface area contributed by atoms with E-state index in [0.717, 1.165) is 21.8 Å². The van der Waals surface area contributed by atoms with Gasteiger partial charge in [0.1, 0.15) is 5.75 Å². The molecule has 138 valence electrons. The van der Waals surface area contributed by atoms with Crippen LogP contribution in [0.15, 0.2) is 62.6 Å². The van der Waals surface area contributed by atoms with Gasteiger partial charge in [-0.2, -0.15) is 0 Å². The second-order valence-corrected chi connectivity index (χ2v) is 7.54. The lowest BCUT2D eigenvalue weighted by molar-refractivity contribution is -0.139. The smallest absolute Gasteiger partial charge is 0.316 e. The zero-order valence-electron chi connectivity index (χ0n) is 13.7. The Balaban J connectivity index is 1.47. The molecule has 3 rings (SSSR count). The number of rotatable bonds is 7. The van der Waals surface area contributed by atoms with Crippen molar-refractivity contribution in [2.75, 3.05) is 12.4 Å². The number of ketones is 1. The molecule has 1 heterocycles.